The summed E-state index contributed by atoms with van der Waals surface area (Å²) < 4.78 is 1.91. The summed E-state index contributed by atoms with van der Waals surface area (Å²) in [4.78, 5) is 16.9. The minimum atomic E-state index is -0.619. The van der Waals surface area contributed by atoms with Crippen LogP contribution in [0.3, 0.4) is 0 Å². The van der Waals surface area contributed by atoms with Crippen molar-refractivity contribution in [2.75, 3.05) is 26.2 Å². The molecule has 7 nitrogen and oxygen atoms in total. The average molecular weight is 333 g/mol. The van der Waals surface area contributed by atoms with E-state index in [1.807, 2.05) is 11.6 Å². The van der Waals surface area contributed by atoms with E-state index in [2.05, 4.69) is 20.0 Å². The number of aryl methyl sites for hydroxylation is 1. The number of likely N-dealkylation sites (tertiary alicyclic amines) is 2. The molecule has 3 heterocycles. The standard InChI is InChI=1S/C17H27N5O2/c1-20-12-18-19-15(20)9-21-7-13-8-22(14-5-3-2-4-6-14)11-17(13,10-21)16(23)24/h12-14H,2-11H2,1H3,(H,23,24)/t13-,17-/m0/s1. The first-order valence-electron chi connectivity index (χ1n) is 9.11. The molecule has 3 aliphatic rings. The summed E-state index contributed by atoms with van der Waals surface area (Å²) in [6.07, 6.45) is 8.11. The van der Waals surface area contributed by atoms with Gasteiger partial charge in [0.2, 0.25) is 0 Å². The van der Waals surface area contributed by atoms with Gasteiger partial charge in [0.05, 0.1) is 12.0 Å². The molecular formula is C17H27N5O2. The SMILES string of the molecule is Cn1cnnc1CN1C[C@H]2CN(C3CCCCC3)C[C@@]2(C(=O)O)C1. The minimum Gasteiger partial charge on any atom is -0.481 e. The monoisotopic (exact) mass is 333 g/mol. The van der Waals surface area contributed by atoms with Crippen molar-refractivity contribution in [3.8, 4) is 0 Å². The van der Waals surface area contributed by atoms with Gasteiger partial charge in [0.1, 0.15) is 12.2 Å². The molecule has 4 rings (SSSR count). The lowest BCUT2D eigenvalue weighted by Crippen LogP contribution is -2.43. The number of aromatic nitrogens is 3. The van der Waals surface area contributed by atoms with Gasteiger partial charge in [-0.25, -0.2) is 0 Å². The van der Waals surface area contributed by atoms with Crippen LogP contribution in [0, 0.1) is 11.3 Å². The van der Waals surface area contributed by atoms with Crippen LogP contribution in [-0.2, 0) is 18.4 Å². The summed E-state index contributed by atoms with van der Waals surface area (Å²) in [6.45, 7) is 3.82. The first kappa shape index (κ1) is 16.0. The van der Waals surface area contributed by atoms with Crippen molar-refractivity contribution in [2.45, 2.75) is 44.7 Å². The summed E-state index contributed by atoms with van der Waals surface area (Å²) in [5.74, 6) is 0.510. The Morgan fingerprint density at radius 2 is 2.08 bits per heavy atom. The highest BCUT2D eigenvalue weighted by Gasteiger charge is 2.58. The second-order valence-electron chi connectivity index (χ2n) is 7.91. The number of aliphatic carboxylic acids is 1. The average Bonchev–Trinajstić information content (AvgIpc) is 3.22. The Morgan fingerprint density at radius 1 is 1.29 bits per heavy atom. The Balaban J connectivity index is 1.47. The molecule has 2 atom stereocenters. The molecule has 1 aromatic heterocycles. The predicted octanol–water partition coefficient (Wildman–Crippen LogP) is 0.966. The Morgan fingerprint density at radius 3 is 2.71 bits per heavy atom. The van der Waals surface area contributed by atoms with Crippen molar-refractivity contribution < 1.29 is 9.90 Å². The Bertz CT molecular complexity index is 612. The van der Waals surface area contributed by atoms with Crippen LogP contribution in [0.5, 0.6) is 0 Å². The molecule has 0 aromatic carbocycles. The molecule has 132 valence electrons. The molecular weight excluding hydrogens is 306 g/mol. The zero-order chi connectivity index (χ0) is 16.7. The number of carboxylic acids is 1. The van der Waals surface area contributed by atoms with Gasteiger partial charge in [-0.15, -0.1) is 10.2 Å². The second-order valence-corrected chi connectivity index (χ2v) is 7.91. The molecule has 0 unspecified atom stereocenters. The van der Waals surface area contributed by atoms with Crippen LogP contribution in [0.15, 0.2) is 6.33 Å². The van der Waals surface area contributed by atoms with Gasteiger partial charge in [0.15, 0.2) is 0 Å². The van der Waals surface area contributed by atoms with Gasteiger partial charge >= 0.3 is 5.97 Å². The highest BCUT2D eigenvalue weighted by molar-refractivity contribution is 5.77. The first-order valence-corrected chi connectivity index (χ1v) is 9.11. The normalized spacial score (nSPS) is 32.3. The summed E-state index contributed by atoms with van der Waals surface area (Å²) in [5, 5.41) is 18.1. The molecule has 1 aromatic rings. The molecule has 24 heavy (non-hydrogen) atoms. The van der Waals surface area contributed by atoms with Crippen molar-refractivity contribution in [3.05, 3.63) is 12.2 Å². The van der Waals surface area contributed by atoms with E-state index < -0.39 is 11.4 Å². The topological polar surface area (TPSA) is 74.5 Å². The van der Waals surface area contributed by atoms with Gasteiger partial charge in [0.25, 0.3) is 0 Å². The number of nitrogens with zero attached hydrogens (tertiary/aromatic N) is 5. The summed E-state index contributed by atoms with van der Waals surface area (Å²) in [7, 11) is 1.93. The van der Waals surface area contributed by atoms with Crippen LogP contribution < -0.4 is 0 Å². The van der Waals surface area contributed by atoms with E-state index >= 15 is 0 Å². The van der Waals surface area contributed by atoms with E-state index in [9.17, 15) is 9.90 Å². The Labute approximate surface area is 142 Å². The number of carboxylic acid groups (broad SMARTS) is 1. The number of fused-ring (bicyclic) bond motifs is 1. The van der Waals surface area contributed by atoms with Crippen molar-refractivity contribution in [3.63, 3.8) is 0 Å². The fraction of sp³-hybridized carbons (Fsp3) is 0.824. The van der Waals surface area contributed by atoms with E-state index in [0.717, 1.165) is 18.9 Å². The van der Waals surface area contributed by atoms with E-state index in [1.54, 1.807) is 6.33 Å². The van der Waals surface area contributed by atoms with Crippen LogP contribution in [0.1, 0.15) is 37.9 Å². The molecule has 1 N–H and O–H groups in total. The molecule has 0 radical (unpaired) electrons. The lowest BCUT2D eigenvalue weighted by atomic mass is 9.81. The molecule has 0 amide bonds. The zero-order valence-corrected chi connectivity index (χ0v) is 14.4. The highest BCUT2D eigenvalue weighted by atomic mass is 16.4. The maximum absolute atomic E-state index is 12.2. The van der Waals surface area contributed by atoms with E-state index in [-0.39, 0.29) is 5.92 Å². The van der Waals surface area contributed by atoms with Gasteiger partial charge in [-0.3, -0.25) is 14.6 Å². The molecule has 7 heteroatoms. The molecule has 2 saturated heterocycles. The first-order chi connectivity index (χ1) is 11.6. The number of rotatable bonds is 4. The van der Waals surface area contributed by atoms with Crippen molar-refractivity contribution in [1.82, 2.24) is 24.6 Å². The fourth-order valence-corrected chi connectivity index (χ4v) is 5.01. The third-order valence-electron chi connectivity index (χ3n) is 6.39. The smallest absolute Gasteiger partial charge is 0.312 e. The van der Waals surface area contributed by atoms with Crippen LogP contribution in [0.2, 0.25) is 0 Å². The van der Waals surface area contributed by atoms with Gasteiger partial charge in [-0.2, -0.15) is 0 Å². The summed E-state index contributed by atoms with van der Waals surface area (Å²) >= 11 is 0. The third-order valence-corrected chi connectivity index (χ3v) is 6.39. The quantitative estimate of drug-likeness (QED) is 0.885. The Hall–Kier alpha value is -1.47. The molecule has 0 spiro atoms. The van der Waals surface area contributed by atoms with E-state index in [1.165, 1.54) is 32.1 Å². The van der Waals surface area contributed by atoms with Crippen LogP contribution in [-0.4, -0.2) is 67.9 Å². The highest BCUT2D eigenvalue weighted by Crippen LogP contribution is 2.45. The van der Waals surface area contributed by atoms with Crippen LogP contribution in [0.25, 0.3) is 0 Å². The van der Waals surface area contributed by atoms with Crippen molar-refractivity contribution in [2.24, 2.45) is 18.4 Å². The van der Waals surface area contributed by atoms with Gasteiger partial charge in [0, 0.05) is 45.2 Å². The van der Waals surface area contributed by atoms with E-state index in [0.29, 0.717) is 25.7 Å². The number of carbonyl (C=O) groups is 1. The second kappa shape index (κ2) is 6.11. The van der Waals surface area contributed by atoms with Gasteiger partial charge < -0.3 is 9.67 Å². The molecule has 3 fully saturated rings. The fourth-order valence-electron chi connectivity index (χ4n) is 5.01. The van der Waals surface area contributed by atoms with Gasteiger partial charge in [-0.1, -0.05) is 19.3 Å². The number of hydrogen-bond donors (Lipinski definition) is 1. The van der Waals surface area contributed by atoms with Crippen LogP contribution >= 0.6 is 0 Å². The molecule has 2 aliphatic heterocycles. The lowest BCUT2D eigenvalue weighted by Gasteiger charge is -2.33. The molecule has 0 bridgehead atoms. The molecule has 1 saturated carbocycles. The van der Waals surface area contributed by atoms with Gasteiger partial charge in [-0.05, 0) is 12.8 Å². The minimum absolute atomic E-state index is 0.227. The van der Waals surface area contributed by atoms with Crippen LogP contribution in [0.4, 0.5) is 0 Å². The van der Waals surface area contributed by atoms with Crippen molar-refractivity contribution in [1.29, 1.82) is 0 Å². The Kier molecular flexibility index (Phi) is 4.08. The maximum atomic E-state index is 12.2. The van der Waals surface area contributed by atoms with E-state index in [4.69, 9.17) is 0 Å². The van der Waals surface area contributed by atoms with Crippen molar-refractivity contribution >= 4 is 5.97 Å². The maximum Gasteiger partial charge on any atom is 0.312 e. The third kappa shape index (κ3) is 2.63. The number of hydrogen-bond acceptors (Lipinski definition) is 5. The summed E-state index contributed by atoms with van der Waals surface area (Å²) in [6, 6.07) is 0.604. The largest absolute Gasteiger partial charge is 0.481 e. The summed E-state index contributed by atoms with van der Waals surface area (Å²) in [5.41, 5.74) is -0.601. The lowest BCUT2D eigenvalue weighted by molar-refractivity contribution is -0.149. The molecule has 1 aliphatic carbocycles. The predicted molar refractivity (Wildman–Crippen MR) is 88.3 cm³/mol. The zero-order valence-electron chi connectivity index (χ0n) is 14.4.